The zero-order valence-electron chi connectivity index (χ0n) is 12.7. The van der Waals surface area contributed by atoms with Gasteiger partial charge in [0.2, 0.25) is 5.91 Å². The molecule has 7 heteroatoms. The number of nitrogens with one attached hydrogen (secondary N) is 2. The molecule has 22 heavy (non-hydrogen) atoms. The Kier molecular flexibility index (Phi) is 6.66. The fourth-order valence-corrected chi connectivity index (χ4v) is 2.22. The number of aliphatic carboxylic acids is 1. The Morgan fingerprint density at radius 2 is 1.91 bits per heavy atom. The van der Waals surface area contributed by atoms with Gasteiger partial charge in [-0.1, -0.05) is 29.3 Å². The maximum atomic E-state index is 11.9. The van der Waals surface area contributed by atoms with Gasteiger partial charge < -0.3 is 15.7 Å². The summed E-state index contributed by atoms with van der Waals surface area (Å²) in [5.41, 5.74) is 0.184. The van der Waals surface area contributed by atoms with E-state index in [-0.39, 0.29) is 24.9 Å². The average Bonchev–Trinajstić information content (AvgIpc) is 2.38. The van der Waals surface area contributed by atoms with Gasteiger partial charge in [0, 0.05) is 5.54 Å². The monoisotopic (exact) mass is 346 g/mol. The number of rotatable bonds is 7. The fourth-order valence-electron chi connectivity index (χ4n) is 1.92. The first kappa shape index (κ1) is 18.7. The summed E-state index contributed by atoms with van der Waals surface area (Å²) in [4.78, 5) is 22.6. The average molecular weight is 347 g/mol. The minimum Gasteiger partial charge on any atom is -0.481 e. The van der Waals surface area contributed by atoms with Crippen LogP contribution in [0.25, 0.3) is 0 Å². The third kappa shape index (κ3) is 6.22. The molecule has 1 aromatic carbocycles. The molecule has 0 spiro atoms. The standard InChI is InChI=1S/C15H20Cl2N2O3/c1-9(10-4-5-11(16)12(17)6-10)19-13(20)8-18-15(2,3)7-14(21)22/h4-6,9,18H,7-8H2,1-3H3,(H,19,20)(H,21,22). The van der Waals surface area contributed by atoms with Gasteiger partial charge in [0.25, 0.3) is 0 Å². The van der Waals surface area contributed by atoms with Gasteiger partial charge in [0.15, 0.2) is 0 Å². The van der Waals surface area contributed by atoms with Gasteiger partial charge in [-0.15, -0.1) is 0 Å². The highest BCUT2D eigenvalue weighted by molar-refractivity contribution is 6.42. The molecule has 0 heterocycles. The fraction of sp³-hybridized carbons (Fsp3) is 0.467. The highest BCUT2D eigenvalue weighted by atomic mass is 35.5. The van der Waals surface area contributed by atoms with Crippen LogP contribution in [0.15, 0.2) is 18.2 Å². The van der Waals surface area contributed by atoms with E-state index in [1.165, 1.54) is 0 Å². The molecule has 0 aliphatic rings. The van der Waals surface area contributed by atoms with Crippen molar-refractivity contribution in [1.29, 1.82) is 0 Å². The molecule has 0 aliphatic heterocycles. The lowest BCUT2D eigenvalue weighted by atomic mass is 10.0. The van der Waals surface area contributed by atoms with E-state index in [4.69, 9.17) is 28.3 Å². The molecule has 0 saturated carbocycles. The van der Waals surface area contributed by atoms with Crippen LogP contribution in [-0.2, 0) is 9.59 Å². The Morgan fingerprint density at radius 3 is 2.45 bits per heavy atom. The predicted octanol–water partition coefficient (Wildman–Crippen LogP) is 3.01. The highest BCUT2D eigenvalue weighted by Crippen LogP contribution is 2.25. The number of hydrogen-bond donors (Lipinski definition) is 3. The van der Waals surface area contributed by atoms with E-state index in [0.717, 1.165) is 5.56 Å². The van der Waals surface area contributed by atoms with Crippen LogP contribution in [0.3, 0.4) is 0 Å². The van der Waals surface area contributed by atoms with Crippen LogP contribution in [0.1, 0.15) is 38.8 Å². The van der Waals surface area contributed by atoms with Crippen molar-refractivity contribution >= 4 is 35.1 Å². The molecule has 0 saturated heterocycles. The van der Waals surface area contributed by atoms with Crippen LogP contribution < -0.4 is 10.6 Å². The first-order chi connectivity index (χ1) is 10.1. The molecule has 1 rings (SSSR count). The summed E-state index contributed by atoms with van der Waals surface area (Å²) in [5, 5.41) is 15.4. The van der Waals surface area contributed by atoms with Gasteiger partial charge in [-0.2, -0.15) is 0 Å². The number of carbonyl (C=O) groups excluding carboxylic acids is 1. The summed E-state index contributed by atoms with van der Waals surface area (Å²) in [5.74, 6) is -1.14. The topological polar surface area (TPSA) is 78.4 Å². The molecule has 0 aliphatic carbocycles. The number of benzene rings is 1. The molecular formula is C15H20Cl2N2O3. The molecule has 3 N–H and O–H groups in total. The largest absolute Gasteiger partial charge is 0.481 e. The minimum atomic E-state index is -0.915. The normalized spacial score (nSPS) is 12.8. The first-order valence-corrected chi connectivity index (χ1v) is 7.57. The lowest BCUT2D eigenvalue weighted by Gasteiger charge is -2.24. The maximum Gasteiger partial charge on any atom is 0.305 e. The van der Waals surface area contributed by atoms with Gasteiger partial charge in [-0.3, -0.25) is 9.59 Å². The molecule has 1 atom stereocenters. The van der Waals surface area contributed by atoms with E-state index in [0.29, 0.717) is 10.0 Å². The summed E-state index contributed by atoms with van der Waals surface area (Å²) in [6.07, 6.45) is -0.0668. The summed E-state index contributed by atoms with van der Waals surface area (Å²) in [7, 11) is 0. The van der Waals surface area contributed by atoms with E-state index in [1.54, 1.807) is 32.0 Å². The maximum absolute atomic E-state index is 11.9. The predicted molar refractivity (Wildman–Crippen MR) is 87.4 cm³/mol. The number of carboxylic acid groups (broad SMARTS) is 1. The SMILES string of the molecule is CC(NC(=O)CNC(C)(C)CC(=O)O)c1ccc(Cl)c(Cl)c1. The van der Waals surface area contributed by atoms with E-state index in [1.807, 2.05) is 6.92 Å². The quantitative estimate of drug-likeness (QED) is 0.709. The third-order valence-corrected chi connectivity index (χ3v) is 3.88. The molecule has 0 radical (unpaired) electrons. The number of halogens is 2. The number of amides is 1. The number of carboxylic acids is 1. The third-order valence-electron chi connectivity index (χ3n) is 3.14. The Hall–Kier alpha value is -1.30. The van der Waals surface area contributed by atoms with Crippen LogP contribution in [-0.4, -0.2) is 29.1 Å². The second kappa shape index (κ2) is 7.81. The second-order valence-electron chi connectivity index (χ2n) is 5.77. The van der Waals surface area contributed by atoms with Crippen molar-refractivity contribution in [2.24, 2.45) is 0 Å². The number of carbonyl (C=O) groups is 2. The van der Waals surface area contributed by atoms with E-state index in [9.17, 15) is 9.59 Å². The zero-order chi connectivity index (χ0) is 16.9. The van der Waals surface area contributed by atoms with E-state index >= 15 is 0 Å². The van der Waals surface area contributed by atoms with Crippen molar-refractivity contribution in [3.63, 3.8) is 0 Å². The van der Waals surface area contributed by atoms with Gasteiger partial charge in [-0.25, -0.2) is 0 Å². The molecule has 0 bridgehead atoms. The molecule has 5 nitrogen and oxygen atoms in total. The summed E-state index contributed by atoms with van der Waals surface area (Å²) in [6, 6.07) is 4.94. The van der Waals surface area contributed by atoms with Crippen molar-refractivity contribution in [1.82, 2.24) is 10.6 Å². The summed E-state index contributed by atoms with van der Waals surface area (Å²) in [6.45, 7) is 5.33. The smallest absolute Gasteiger partial charge is 0.305 e. The van der Waals surface area contributed by atoms with Crippen molar-refractivity contribution in [3.05, 3.63) is 33.8 Å². The van der Waals surface area contributed by atoms with Gasteiger partial charge >= 0.3 is 5.97 Å². The molecule has 122 valence electrons. The highest BCUT2D eigenvalue weighted by Gasteiger charge is 2.22. The lowest BCUT2D eigenvalue weighted by Crippen LogP contribution is -2.46. The van der Waals surface area contributed by atoms with Crippen LogP contribution >= 0.6 is 23.2 Å². The Bertz CT molecular complexity index is 562. The van der Waals surface area contributed by atoms with Crippen LogP contribution in [0, 0.1) is 0 Å². The summed E-state index contributed by atoms with van der Waals surface area (Å²) >= 11 is 11.8. The Labute approximate surface area is 140 Å². The van der Waals surface area contributed by atoms with Crippen LogP contribution in [0.2, 0.25) is 10.0 Å². The lowest BCUT2D eigenvalue weighted by molar-refractivity contribution is -0.138. The number of hydrogen-bond acceptors (Lipinski definition) is 3. The van der Waals surface area contributed by atoms with Crippen LogP contribution in [0.5, 0.6) is 0 Å². The van der Waals surface area contributed by atoms with Crippen molar-refractivity contribution < 1.29 is 14.7 Å². The van der Waals surface area contributed by atoms with Gasteiger partial charge in [0.05, 0.1) is 29.1 Å². The molecule has 1 amide bonds. The summed E-state index contributed by atoms with van der Waals surface area (Å²) < 4.78 is 0. The molecule has 1 aromatic rings. The molecular weight excluding hydrogens is 327 g/mol. The van der Waals surface area contributed by atoms with Crippen molar-refractivity contribution in [3.8, 4) is 0 Å². The van der Waals surface area contributed by atoms with Crippen molar-refractivity contribution in [2.45, 2.75) is 38.8 Å². The molecule has 0 fully saturated rings. The molecule has 0 aromatic heterocycles. The van der Waals surface area contributed by atoms with Crippen LogP contribution in [0.4, 0.5) is 0 Å². The van der Waals surface area contributed by atoms with E-state index in [2.05, 4.69) is 10.6 Å². The second-order valence-corrected chi connectivity index (χ2v) is 6.59. The first-order valence-electron chi connectivity index (χ1n) is 6.82. The molecule has 1 unspecified atom stereocenters. The minimum absolute atomic E-state index is 0.0337. The van der Waals surface area contributed by atoms with Gasteiger partial charge in [-0.05, 0) is 38.5 Å². The Morgan fingerprint density at radius 1 is 1.27 bits per heavy atom. The van der Waals surface area contributed by atoms with Gasteiger partial charge in [0.1, 0.15) is 0 Å². The Balaban J connectivity index is 2.54. The van der Waals surface area contributed by atoms with Crippen molar-refractivity contribution in [2.75, 3.05) is 6.54 Å². The zero-order valence-corrected chi connectivity index (χ0v) is 14.3. The van der Waals surface area contributed by atoms with E-state index < -0.39 is 11.5 Å².